The van der Waals surface area contributed by atoms with Gasteiger partial charge in [0.1, 0.15) is 0 Å². The van der Waals surface area contributed by atoms with Crippen molar-refractivity contribution in [2.45, 2.75) is 6.04 Å². The van der Waals surface area contributed by atoms with Crippen molar-refractivity contribution in [3.63, 3.8) is 0 Å². The first kappa shape index (κ1) is 13.1. The third-order valence-electron chi connectivity index (χ3n) is 2.63. The van der Waals surface area contributed by atoms with Crippen LogP contribution in [0.15, 0.2) is 24.3 Å². The number of anilines is 1. The van der Waals surface area contributed by atoms with Crippen molar-refractivity contribution in [1.29, 1.82) is 0 Å². The van der Waals surface area contributed by atoms with Crippen LogP contribution in [0.4, 0.5) is 10.5 Å². The van der Waals surface area contributed by atoms with E-state index in [0.29, 0.717) is 23.9 Å². The van der Waals surface area contributed by atoms with Gasteiger partial charge in [-0.15, -0.1) is 0 Å². The Morgan fingerprint density at radius 2 is 2.33 bits per heavy atom. The largest absolute Gasteiger partial charge is 0.378 e. The number of halogens is 1. The fourth-order valence-corrected chi connectivity index (χ4v) is 1.88. The Balaban J connectivity index is 1.76. The summed E-state index contributed by atoms with van der Waals surface area (Å²) < 4.78 is 5.30. The molecule has 0 aromatic heterocycles. The highest BCUT2D eigenvalue weighted by Crippen LogP contribution is 2.19. The summed E-state index contributed by atoms with van der Waals surface area (Å²) in [4.78, 5) is 11.7. The van der Waals surface area contributed by atoms with Crippen molar-refractivity contribution < 1.29 is 9.53 Å². The second kappa shape index (κ2) is 6.58. The number of benzene rings is 1. The van der Waals surface area contributed by atoms with E-state index >= 15 is 0 Å². The summed E-state index contributed by atoms with van der Waals surface area (Å²) >= 11 is 5.94. The van der Waals surface area contributed by atoms with Crippen molar-refractivity contribution in [3.05, 3.63) is 29.3 Å². The number of hydrogen-bond acceptors (Lipinski definition) is 3. The number of carbonyl (C=O) groups excluding carboxylic acids is 1. The maximum Gasteiger partial charge on any atom is 0.319 e. The molecule has 1 heterocycles. The molecule has 6 heteroatoms. The summed E-state index contributed by atoms with van der Waals surface area (Å²) in [5.74, 6) is 0. The van der Waals surface area contributed by atoms with E-state index in [0.717, 1.165) is 13.2 Å². The molecule has 18 heavy (non-hydrogen) atoms. The maximum absolute atomic E-state index is 11.7. The summed E-state index contributed by atoms with van der Waals surface area (Å²) in [6, 6.07) is 7.01. The quantitative estimate of drug-likeness (QED) is 0.778. The molecule has 5 nitrogen and oxygen atoms in total. The van der Waals surface area contributed by atoms with Gasteiger partial charge in [-0.05, 0) is 12.1 Å². The van der Waals surface area contributed by atoms with Gasteiger partial charge >= 0.3 is 6.03 Å². The van der Waals surface area contributed by atoms with E-state index in [1.54, 1.807) is 12.1 Å². The van der Waals surface area contributed by atoms with Gasteiger partial charge in [0.15, 0.2) is 0 Å². The van der Waals surface area contributed by atoms with Crippen LogP contribution in [0.1, 0.15) is 0 Å². The average Bonchev–Trinajstić information content (AvgIpc) is 2.40. The summed E-state index contributed by atoms with van der Waals surface area (Å²) in [5.41, 5.74) is 0.601. The SMILES string of the molecule is O=C(NCC1COCCN1)Nc1ccccc1Cl. The zero-order valence-electron chi connectivity index (χ0n) is 9.91. The monoisotopic (exact) mass is 269 g/mol. The number of rotatable bonds is 3. The molecular formula is C12H16ClN3O2. The Labute approximate surface area is 111 Å². The second-order valence-electron chi connectivity index (χ2n) is 4.04. The Bertz CT molecular complexity index is 408. The van der Waals surface area contributed by atoms with Crippen molar-refractivity contribution in [2.24, 2.45) is 0 Å². The summed E-state index contributed by atoms with van der Waals surface area (Å²) in [5, 5.41) is 9.25. The van der Waals surface area contributed by atoms with Crippen LogP contribution in [-0.4, -0.2) is 38.4 Å². The number of urea groups is 1. The minimum Gasteiger partial charge on any atom is -0.378 e. The van der Waals surface area contributed by atoms with Gasteiger partial charge in [-0.25, -0.2) is 4.79 Å². The molecule has 1 aliphatic heterocycles. The first-order chi connectivity index (χ1) is 8.75. The summed E-state index contributed by atoms with van der Waals surface area (Å²) in [6.45, 7) is 2.68. The fourth-order valence-electron chi connectivity index (χ4n) is 1.70. The molecule has 1 aromatic rings. The van der Waals surface area contributed by atoms with Crippen LogP contribution in [0.3, 0.4) is 0 Å². The number of para-hydroxylation sites is 1. The predicted molar refractivity (Wildman–Crippen MR) is 71.1 cm³/mol. The van der Waals surface area contributed by atoms with E-state index in [2.05, 4.69) is 16.0 Å². The number of carbonyl (C=O) groups is 1. The van der Waals surface area contributed by atoms with E-state index in [1.165, 1.54) is 0 Å². The molecule has 1 saturated heterocycles. The van der Waals surface area contributed by atoms with Gasteiger partial charge in [-0.1, -0.05) is 23.7 Å². The standard InChI is InChI=1S/C12H16ClN3O2/c13-10-3-1-2-4-11(10)16-12(17)15-7-9-8-18-6-5-14-9/h1-4,9,14H,5-8H2,(H2,15,16,17). The molecule has 0 spiro atoms. The zero-order valence-corrected chi connectivity index (χ0v) is 10.7. The van der Waals surface area contributed by atoms with E-state index in [9.17, 15) is 4.79 Å². The van der Waals surface area contributed by atoms with E-state index in [4.69, 9.17) is 16.3 Å². The lowest BCUT2D eigenvalue weighted by Crippen LogP contribution is -2.49. The summed E-state index contributed by atoms with van der Waals surface area (Å²) in [7, 11) is 0. The highest BCUT2D eigenvalue weighted by Gasteiger charge is 2.13. The number of morpholine rings is 1. The molecule has 2 rings (SSSR count). The number of nitrogens with one attached hydrogen (secondary N) is 3. The number of hydrogen-bond donors (Lipinski definition) is 3. The van der Waals surface area contributed by atoms with Gasteiger partial charge in [0.05, 0.1) is 23.9 Å². The van der Waals surface area contributed by atoms with Crippen molar-refractivity contribution in [1.82, 2.24) is 10.6 Å². The van der Waals surface area contributed by atoms with Crippen molar-refractivity contribution in [2.75, 3.05) is 31.6 Å². The van der Waals surface area contributed by atoms with Crippen LogP contribution in [0.5, 0.6) is 0 Å². The van der Waals surface area contributed by atoms with Crippen LogP contribution >= 0.6 is 11.6 Å². The molecule has 98 valence electrons. The lowest BCUT2D eigenvalue weighted by atomic mass is 10.3. The molecule has 1 atom stereocenters. The third kappa shape index (κ3) is 3.87. The molecule has 1 unspecified atom stereocenters. The highest BCUT2D eigenvalue weighted by molar-refractivity contribution is 6.33. The van der Waals surface area contributed by atoms with Gasteiger partial charge < -0.3 is 20.7 Å². The Kier molecular flexibility index (Phi) is 4.81. The van der Waals surface area contributed by atoms with E-state index < -0.39 is 0 Å². The smallest absolute Gasteiger partial charge is 0.319 e. The average molecular weight is 270 g/mol. The Morgan fingerprint density at radius 3 is 3.06 bits per heavy atom. The van der Waals surface area contributed by atoms with E-state index in [-0.39, 0.29) is 12.1 Å². The highest BCUT2D eigenvalue weighted by atomic mass is 35.5. The van der Waals surface area contributed by atoms with Crippen LogP contribution in [-0.2, 0) is 4.74 Å². The Morgan fingerprint density at radius 1 is 1.50 bits per heavy atom. The minimum atomic E-state index is -0.268. The first-order valence-corrected chi connectivity index (χ1v) is 6.24. The van der Waals surface area contributed by atoms with Crippen LogP contribution in [0.2, 0.25) is 5.02 Å². The molecular weight excluding hydrogens is 254 g/mol. The molecule has 1 aliphatic rings. The molecule has 1 fully saturated rings. The topological polar surface area (TPSA) is 62.4 Å². The Hall–Kier alpha value is -1.30. The molecule has 0 aliphatic carbocycles. The minimum absolute atomic E-state index is 0.163. The molecule has 0 radical (unpaired) electrons. The van der Waals surface area contributed by atoms with Crippen LogP contribution in [0, 0.1) is 0 Å². The third-order valence-corrected chi connectivity index (χ3v) is 2.96. The molecule has 0 bridgehead atoms. The zero-order chi connectivity index (χ0) is 12.8. The van der Waals surface area contributed by atoms with Gasteiger partial charge in [-0.2, -0.15) is 0 Å². The van der Waals surface area contributed by atoms with Crippen LogP contribution in [0.25, 0.3) is 0 Å². The van der Waals surface area contributed by atoms with Gasteiger partial charge in [0.25, 0.3) is 0 Å². The first-order valence-electron chi connectivity index (χ1n) is 5.86. The maximum atomic E-state index is 11.7. The lowest BCUT2D eigenvalue weighted by Gasteiger charge is -2.24. The normalized spacial score (nSPS) is 19.3. The van der Waals surface area contributed by atoms with Crippen molar-refractivity contribution in [3.8, 4) is 0 Å². The molecule has 1 aromatic carbocycles. The van der Waals surface area contributed by atoms with Crippen LogP contribution < -0.4 is 16.0 Å². The van der Waals surface area contributed by atoms with Gasteiger partial charge in [0.2, 0.25) is 0 Å². The molecule has 0 saturated carbocycles. The van der Waals surface area contributed by atoms with Gasteiger partial charge in [-0.3, -0.25) is 0 Å². The van der Waals surface area contributed by atoms with E-state index in [1.807, 2.05) is 12.1 Å². The number of ether oxygens (including phenoxy) is 1. The lowest BCUT2D eigenvalue weighted by molar-refractivity contribution is 0.0776. The molecule has 2 amide bonds. The molecule has 3 N–H and O–H groups in total. The fraction of sp³-hybridized carbons (Fsp3) is 0.417. The predicted octanol–water partition coefficient (Wildman–Crippen LogP) is 1.45. The van der Waals surface area contributed by atoms with Gasteiger partial charge in [0, 0.05) is 19.1 Å². The number of amides is 2. The second-order valence-corrected chi connectivity index (χ2v) is 4.45. The summed E-state index contributed by atoms with van der Waals surface area (Å²) in [6.07, 6.45) is 0. The van der Waals surface area contributed by atoms with Crippen molar-refractivity contribution >= 4 is 23.3 Å².